The zero-order valence-corrected chi connectivity index (χ0v) is 19.9. The van der Waals surface area contributed by atoms with E-state index in [0.29, 0.717) is 27.3 Å². The van der Waals surface area contributed by atoms with Crippen LogP contribution < -0.4 is 5.32 Å². The maximum Gasteiger partial charge on any atom is 0.253 e. The maximum absolute atomic E-state index is 13.2. The first-order valence-electron chi connectivity index (χ1n) is 10.0. The van der Waals surface area contributed by atoms with Crippen molar-refractivity contribution in [3.63, 3.8) is 0 Å². The van der Waals surface area contributed by atoms with Gasteiger partial charge < -0.3 is 5.32 Å². The highest BCUT2D eigenvalue weighted by atomic mass is 35.5. The molecule has 3 aromatic carbocycles. The molecule has 1 amide bonds. The number of nitrogens with zero attached hydrogens (tertiary/aromatic N) is 3. The molecule has 0 spiro atoms. The quantitative estimate of drug-likeness (QED) is 0.305. The van der Waals surface area contributed by atoms with Crippen molar-refractivity contribution in [3.05, 3.63) is 105 Å². The van der Waals surface area contributed by atoms with Crippen molar-refractivity contribution in [3.8, 4) is 5.69 Å². The lowest BCUT2D eigenvalue weighted by Gasteiger charge is -2.12. The van der Waals surface area contributed by atoms with Gasteiger partial charge in [0.2, 0.25) is 0 Å². The van der Waals surface area contributed by atoms with Gasteiger partial charge in [0, 0.05) is 16.5 Å². The maximum atomic E-state index is 13.2. The van der Waals surface area contributed by atoms with Gasteiger partial charge in [-0.15, -0.1) is 10.2 Å². The van der Waals surface area contributed by atoms with Crippen LogP contribution in [0, 0.1) is 12.7 Å². The Morgan fingerprint density at radius 1 is 1.03 bits per heavy atom. The molecule has 0 saturated carbocycles. The van der Waals surface area contributed by atoms with E-state index >= 15 is 0 Å². The van der Waals surface area contributed by atoms with Gasteiger partial charge in [0.15, 0.2) is 11.0 Å². The highest BCUT2D eigenvalue weighted by Crippen LogP contribution is 2.26. The summed E-state index contributed by atoms with van der Waals surface area (Å²) in [5.74, 6) is 0.553. The highest BCUT2D eigenvalue weighted by Gasteiger charge is 2.17. The monoisotopic (exact) mass is 500 g/mol. The molecule has 0 fully saturated rings. The molecule has 1 N–H and O–H groups in total. The van der Waals surface area contributed by atoms with Gasteiger partial charge in [-0.05, 0) is 55.0 Å². The lowest BCUT2D eigenvalue weighted by atomic mass is 10.2. The Bertz CT molecular complexity index is 1280. The smallest absolute Gasteiger partial charge is 0.253 e. The zero-order chi connectivity index (χ0) is 23.4. The van der Waals surface area contributed by atoms with E-state index in [1.807, 2.05) is 35.8 Å². The van der Waals surface area contributed by atoms with Crippen LogP contribution in [-0.2, 0) is 12.3 Å². The molecular formula is C24H19Cl2FN4OS. The lowest BCUT2D eigenvalue weighted by molar-refractivity contribution is 0.0950. The van der Waals surface area contributed by atoms with E-state index in [1.165, 1.54) is 30.0 Å². The normalized spacial score (nSPS) is 10.9. The van der Waals surface area contributed by atoms with Crippen molar-refractivity contribution in [1.29, 1.82) is 0 Å². The molecule has 4 aromatic rings. The van der Waals surface area contributed by atoms with Gasteiger partial charge in [0.1, 0.15) is 5.82 Å². The predicted octanol–water partition coefficient (Wildman–Crippen LogP) is 6.24. The molecule has 168 valence electrons. The third kappa shape index (κ3) is 5.74. The molecule has 0 atom stereocenters. The molecule has 33 heavy (non-hydrogen) atoms. The van der Waals surface area contributed by atoms with E-state index in [1.54, 1.807) is 24.3 Å². The van der Waals surface area contributed by atoms with Crippen LogP contribution in [0.3, 0.4) is 0 Å². The Hall–Kier alpha value is -2.87. The van der Waals surface area contributed by atoms with Crippen molar-refractivity contribution in [2.45, 2.75) is 24.4 Å². The number of benzene rings is 3. The van der Waals surface area contributed by atoms with E-state index in [9.17, 15) is 9.18 Å². The number of amides is 1. The van der Waals surface area contributed by atoms with Gasteiger partial charge in [-0.1, -0.05) is 64.8 Å². The van der Waals surface area contributed by atoms with E-state index in [-0.39, 0.29) is 23.3 Å². The fourth-order valence-corrected chi connectivity index (χ4v) is 4.54. The third-order valence-electron chi connectivity index (χ3n) is 4.86. The highest BCUT2D eigenvalue weighted by molar-refractivity contribution is 7.98. The van der Waals surface area contributed by atoms with Gasteiger partial charge in [-0.25, -0.2) is 4.39 Å². The van der Waals surface area contributed by atoms with Crippen molar-refractivity contribution in [2.24, 2.45) is 0 Å². The van der Waals surface area contributed by atoms with E-state index < -0.39 is 0 Å². The minimum atomic E-state index is -0.337. The van der Waals surface area contributed by atoms with E-state index in [4.69, 9.17) is 23.2 Å². The number of carbonyl (C=O) groups is 1. The SMILES string of the molecule is Cc1ccc(-n2c(CNC(=O)c3ccc(Cl)cc3Cl)nnc2SCc2ccc(F)cc2)cc1. The summed E-state index contributed by atoms with van der Waals surface area (Å²) in [6.45, 7) is 2.16. The standard InChI is InChI=1S/C24H19Cl2FN4OS/c1-15-2-9-19(10-3-15)31-22(13-28-23(32)20-11-6-17(25)12-21(20)26)29-30-24(31)33-14-16-4-7-18(27)8-5-16/h2-12H,13-14H2,1H3,(H,28,32). The number of halogens is 3. The summed E-state index contributed by atoms with van der Waals surface area (Å²) >= 11 is 13.6. The second-order valence-electron chi connectivity index (χ2n) is 7.29. The second-order valence-corrected chi connectivity index (χ2v) is 9.08. The van der Waals surface area contributed by atoms with Crippen LogP contribution in [0.2, 0.25) is 10.0 Å². The van der Waals surface area contributed by atoms with Crippen molar-refractivity contribution in [1.82, 2.24) is 20.1 Å². The first-order valence-corrected chi connectivity index (χ1v) is 11.8. The molecule has 0 aliphatic rings. The van der Waals surface area contributed by atoms with Crippen LogP contribution in [0.4, 0.5) is 4.39 Å². The van der Waals surface area contributed by atoms with Crippen molar-refractivity contribution in [2.75, 3.05) is 0 Å². The molecule has 4 rings (SSSR count). The van der Waals surface area contributed by atoms with Crippen LogP contribution in [0.5, 0.6) is 0 Å². The van der Waals surface area contributed by atoms with E-state index in [0.717, 1.165) is 16.8 Å². The van der Waals surface area contributed by atoms with E-state index in [2.05, 4.69) is 15.5 Å². The molecule has 0 unspecified atom stereocenters. The van der Waals surface area contributed by atoms with Gasteiger partial charge in [-0.2, -0.15) is 0 Å². The van der Waals surface area contributed by atoms with Gasteiger partial charge in [0.05, 0.1) is 17.1 Å². The number of thioether (sulfide) groups is 1. The molecule has 0 aliphatic carbocycles. The summed E-state index contributed by atoms with van der Waals surface area (Å²) in [7, 11) is 0. The van der Waals surface area contributed by atoms with Gasteiger partial charge in [-0.3, -0.25) is 9.36 Å². The van der Waals surface area contributed by atoms with Crippen LogP contribution in [0.15, 0.2) is 71.9 Å². The van der Waals surface area contributed by atoms with Gasteiger partial charge in [0.25, 0.3) is 5.91 Å². The summed E-state index contributed by atoms with van der Waals surface area (Å²) in [6, 6.07) is 19.0. The largest absolute Gasteiger partial charge is 0.345 e. The summed E-state index contributed by atoms with van der Waals surface area (Å²) < 4.78 is 15.1. The average Bonchev–Trinajstić information content (AvgIpc) is 3.20. The minimum absolute atomic E-state index is 0.149. The molecule has 1 heterocycles. The molecule has 0 aliphatic heterocycles. The first kappa shape index (κ1) is 23.3. The topological polar surface area (TPSA) is 59.8 Å². The van der Waals surface area contributed by atoms with Crippen LogP contribution >= 0.6 is 35.0 Å². The summed E-state index contributed by atoms with van der Waals surface area (Å²) in [5.41, 5.74) is 3.29. The second kappa shape index (κ2) is 10.4. The summed E-state index contributed by atoms with van der Waals surface area (Å²) in [6.07, 6.45) is 0. The van der Waals surface area contributed by atoms with Crippen molar-refractivity contribution < 1.29 is 9.18 Å². The fraction of sp³-hybridized carbons (Fsp3) is 0.125. The van der Waals surface area contributed by atoms with Gasteiger partial charge >= 0.3 is 0 Å². The summed E-state index contributed by atoms with van der Waals surface area (Å²) in [5, 5.41) is 12.9. The lowest BCUT2D eigenvalue weighted by Crippen LogP contribution is -2.25. The molecule has 1 aromatic heterocycles. The fourth-order valence-electron chi connectivity index (χ4n) is 3.12. The minimum Gasteiger partial charge on any atom is -0.345 e. The van der Waals surface area contributed by atoms with Crippen LogP contribution in [0.25, 0.3) is 5.69 Å². The molecule has 0 saturated heterocycles. The molecule has 0 bridgehead atoms. The van der Waals surface area contributed by atoms with Crippen molar-refractivity contribution >= 4 is 40.9 Å². The zero-order valence-electron chi connectivity index (χ0n) is 17.6. The number of carbonyl (C=O) groups excluding carboxylic acids is 1. The number of aromatic nitrogens is 3. The Balaban J connectivity index is 1.57. The number of hydrogen-bond donors (Lipinski definition) is 1. The Labute approximate surface area is 204 Å². The Kier molecular flexibility index (Phi) is 7.33. The number of aryl methyl sites for hydroxylation is 1. The Morgan fingerprint density at radius 2 is 1.76 bits per heavy atom. The summed E-state index contributed by atoms with van der Waals surface area (Å²) in [4.78, 5) is 12.7. The average molecular weight is 501 g/mol. The Morgan fingerprint density at radius 3 is 2.45 bits per heavy atom. The van der Waals surface area contributed by atoms with Crippen LogP contribution in [0.1, 0.15) is 27.3 Å². The number of nitrogens with one attached hydrogen (secondary N) is 1. The number of rotatable bonds is 7. The number of hydrogen-bond acceptors (Lipinski definition) is 4. The predicted molar refractivity (Wildman–Crippen MR) is 130 cm³/mol. The third-order valence-corrected chi connectivity index (χ3v) is 6.40. The molecule has 0 radical (unpaired) electrons. The van der Waals surface area contributed by atoms with Crippen LogP contribution in [-0.4, -0.2) is 20.7 Å². The molecular weight excluding hydrogens is 482 g/mol. The first-order chi connectivity index (χ1) is 15.9. The molecule has 9 heteroatoms. The molecule has 5 nitrogen and oxygen atoms in total.